The number of imidazole rings is 1. The van der Waals surface area contributed by atoms with Crippen LogP contribution < -0.4 is 0 Å². The molecule has 0 fully saturated rings. The Bertz CT molecular complexity index is 503. The van der Waals surface area contributed by atoms with Gasteiger partial charge in [-0.25, -0.2) is 4.98 Å². The average molecular weight is 259 g/mol. The quantitative estimate of drug-likeness (QED) is 0.855. The van der Waals surface area contributed by atoms with Crippen molar-refractivity contribution in [3.8, 4) is 0 Å². The van der Waals surface area contributed by atoms with Crippen molar-refractivity contribution in [3.05, 3.63) is 29.1 Å². The van der Waals surface area contributed by atoms with Crippen molar-refractivity contribution in [2.24, 2.45) is 0 Å². The largest absolute Gasteiger partial charge is 0.341 e. The van der Waals surface area contributed by atoms with Crippen LogP contribution >= 0.6 is 0 Å². The van der Waals surface area contributed by atoms with Crippen LogP contribution in [0.4, 0.5) is 0 Å². The Balaban J connectivity index is 2.16. The number of aromatic nitrogens is 2. The van der Waals surface area contributed by atoms with Gasteiger partial charge >= 0.3 is 0 Å². The lowest BCUT2D eigenvalue weighted by atomic mass is 10.1. The van der Waals surface area contributed by atoms with Crippen molar-refractivity contribution >= 4 is 11.0 Å². The first kappa shape index (κ1) is 14.1. The minimum absolute atomic E-state index is 0.920. The second-order valence-corrected chi connectivity index (χ2v) is 5.36. The lowest BCUT2D eigenvalue weighted by Crippen LogP contribution is -2.24. The molecule has 3 heteroatoms. The Labute approximate surface area is 116 Å². The van der Waals surface area contributed by atoms with Gasteiger partial charge in [-0.15, -0.1) is 0 Å². The van der Waals surface area contributed by atoms with E-state index in [1.54, 1.807) is 0 Å². The third-order valence-electron chi connectivity index (χ3n) is 3.79. The van der Waals surface area contributed by atoms with Gasteiger partial charge in [-0.3, -0.25) is 4.90 Å². The molecule has 1 aromatic carbocycles. The molecule has 0 aliphatic heterocycles. The van der Waals surface area contributed by atoms with E-state index >= 15 is 0 Å². The van der Waals surface area contributed by atoms with E-state index in [2.05, 4.69) is 49.7 Å². The molecule has 104 valence electrons. The Morgan fingerprint density at radius 1 is 1.16 bits per heavy atom. The molecule has 0 amide bonds. The van der Waals surface area contributed by atoms with E-state index in [4.69, 9.17) is 4.98 Å². The number of nitrogens with one attached hydrogen (secondary N) is 1. The fourth-order valence-electron chi connectivity index (χ4n) is 2.34. The lowest BCUT2D eigenvalue weighted by molar-refractivity contribution is 0.269. The number of hydrogen-bond acceptors (Lipinski definition) is 2. The number of rotatable bonds is 6. The highest BCUT2D eigenvalue weighted by molar-refractivity contribution is 5.77. The van der Waals surface area contributed by atoms with Gasteiger partial charge in [0.2, 0.25) is 0 Å². The SMILES string of the molecule is CCCCN(CC)Cc1nc2cc(C)c(C)cc2[nH]1. The van der Waals surface area contributed by atoms with Crippen LogP contribution in [0.3, 0.4) is 0 Å². The van der Waals surface area contributed by atoms with E-state index in [-0.39, 0.29) is 0 Å². The fraction of sp³-hybridized carbons (Fsp3) is 0.562. The summed E-state index contributed by atoms with van der Waals surface area (Å²) in [5.74, 6) is 1.08. The molecule has 0 aliphatic carbocycles. The predicted molar refractivity (Wildman–Crippen MR) is 81.4 cm³/mol. The average Bonchev–Trinajstić information content (AvgIpc) is 2.76. The van der Waals surface area contributed by atoms with E-state index in [0.717, 1.165) is 36.5 Å². The summed E-state index contributed by atoms with van der Waals surface area (Å²) in [5, 5.41) is 0. The number of unbranched alkanes of at least 4 members (excludes halogenated alkanes) is 1. The van der Waals surface area contributed by atoms with Crippen molar-refractivity contribution in [1.29, 1.82) is 0 Å². The molecule has 0 bridgehead atoms. The number of nitrogens with zero attached hydrogens (tertiary/aromatic N) is 2. The summed E-state index contributed by atoms with van der Waals surface area (Å²) in [5.41, 5.74) is 4.87. The maximum atomic E-state index is 4.71. The number of aryl methyl sites for hydroxylation is 2. The summed E-state index contributed by atoms with van der Waals surface area (Å²) in [6.07, 6.45) is 2.50. The summed E-state index contributed by atoms with van der Waals surface area (Å²) >= 11 is 0. The van der Waals surface area contributed by atoms with E-state index in [9.17, 15) is 0 Å². The van der Waals surface area contributed by atoms with Crippen molar-refractivity contribution in [3.63, 3.8) is 0 Å². The van der Waals surface area contributed by atoms with Crippen LogP contribution in [0.1, 0.15) is 43.6 Å². The smallest absolute Gasteiger partial charge is 0.121 e. The molecule has 0 radical (unpaired) electrons. The van der Waals surface area contributed by atoms with Crippen LogP contribution in [0.5, 0.6) is 0 Å². The number of hydrogen-bond donors (Lipinski definition) is 1. The van der Waals surface area contributed by atoms with Gasteiger partial charge < -0.3 is 4.98 Å². The summed E-state index contributed by atoms with van der Waals surface area (Å²) in [4.78, 5) is 10.6. The van der Waals surface area contributed by atoms with Crippen LogP contribution in [0.2, 0.25) is 0 Å². The van der Waals surface area contributed by atoms with Gasteiger partial charge in [-0.1, -0.05) is 20.3 Å². The third-order valence-corrected chi connectivity index (χ3v) is 3.79. The van der Waals surface area contributed by atoms with Crippen LogP contribution in [0, 0.1) is 13.8 Å². The Morgan fingerprint density at radius 2 is 1.89 bits per heavy atom. The summed E-state index contributed by atoms with van der Waals surface area (Å²) in [6, 6.07) is 4.37. The molecule has 0 aliphatic rings. The first-order valence-corrected chi connectivity index (χ1v) is 7.32. The van der Waals surface area contributed by atoms with Crippen LogP contribution in [0.25, 0.3) is 11.0 Å². The summed E-state index contributed by atoms with van der Waals surface area (Å²) < 4.78 is 0. The van der Waals surface area contributed by atoms with Crippen LogP contribution in [-0.4, -0.2) is 28.0 Å². The highest BCUT2D eigenvalue weighted by Crippen LogP contribution is 2.18. The number of aromatic amines is 1. The Morgan fingerprint density at radius 3 is 2.58 bits per heavy atom. The zero-order chi connectivity index (χ0) is 13.8. The molecular weight excluding hydrogens is 234 g/mol. The first-order valence-electron chi connectivity index (χ1n) is 7.32. The molecule has 19 heavy (non-hydrogen) atoms. The van der Waals surface area contributed by atoms with E-state index in [1.165, 1.54) is 24.0 Å². The lowest BCUT2D eigenvalue weighted by Gasteiger charge is -2.18. The predicted octanol–water partition coefficient (Wildman–Crippen LogP) is 3.80. The Hall–Kier alpha value is -1.35. The van der Waals surface area contributed by atoms with Crippen molar-refractivity contribution in [2.45, 2.75) is 47.1 Å². The molecule has 0 unspecified atom stereocenters. The van der Waals surface area contributed by atoms with Crippen molar-refractivity contribution < 1.29 is 0 Å². The van der Waals surface area contributed by atoms with Crippen molar-refractivity contribution in [2.75, 3.05) is 13.1 Å². The monoisotopic (exact) mass is 259 g/mol. The standard InChI is InChI=1S/C16H25N3/c1-5-7-8-19(6-2)11-16-17-14-9-12(3)13(4)10-15(14)18-16/h9-10H,5-8,11H2,1-4H3,(H,17,18). The number of fused-ring (bicyclic) bond motifs is 1. The topological polar surface area (TPSA) is 31.9 Å². The first-order chi connectivity index (χ1) is 9.13. The molecule has 0 saturated heterocycles. The van der Waals surface area contributed by atoms with E-state index in [0.29, 0.717) is 0 Å². The highest BCUT2D eigenvalue weighted by atomic mass is 15.1. The van der Waals surface area contributed by atoms with Crippen molar-refractivity contribution in [1.82, 2.24) is 14.9 Å². The molecule has 0 saturated carbocycles. The van der Waals surface area contributed by atoms with Gasteiger partial charge in [0.25, 0.3) is 0 Å². The molecule has 2 aromatic rings. The second kappa shape index (κ2) is 6.20. The molecule has 1 aromatic heterocycles. The second-order valence-electron chi connectivity index (χ2n) is 5.36. The molecule has 2 rings (SSSR count). The zero-order valence-electron chi connectivity index (χ0n) is 12.6. The molecule has 1 heterocycles. The number of benzene rings is 1. The van der Waals surface area contributed by atoms with Gasteiger partial charge in [0.15, 0.2) is 0 Å². The minimum atomic E-state index is 0.920. The van der Waals surface area contributed by atoms with Crippen LogP contribution in [-0.2, 0) is 6.54 Å². The molecule has 0 atom stereocenters. The summed E-state index contributed by atoms with van der Waals surface area (Å²) in [6.45, 7) is 11.9. The molecule has 0 spiro atoms. The van der Waals surface area contributed by atoms with Gasteiger partial charge in [-0.05, 0) is 56.6 Å². The van der Waals surface area contributed by atoms with E-state index < -0.39 is 0 Å². The van der Waals surface area contributed by atoms with Gasteiger partial charge in [0.1, 0.15) is 5.82 Å². The summed E-state index contributed by atoms with van der Waals surface area (Å²) in [7, 11) is 0. The van der Waals surface area contributed by atoms with Gasteiger partial charge in [0, 0.05) is 0 Å². The normalized spacial score (nSPS) is 11.6. The highest BCUT2D eigenvalue weighted by Gasteiger charge is 2.08. The molecular formula is C16H25N3. The number of H-pyrrole nitrogens is 1. The third kappa shape index (κ3) is 3.35. The molecule has 3 nitrogen and oxygen atoms in total. The van der Waals surface area contributed by atoms with E-state index in [1.807, 2.05) is 0 Å². The maximum Gasteiger partial charge on any atom is 0.121 e. The fourth-order valence-corrected chi connectivity index (χ4v) is 2.34. The maximum absolute atomic E-state index is 4.71. The molecule has 1 N–H and O–H groups in total. The van der Waals surface area contributed by atoms with Gasteiger partial charge in [0.05, 0.1) is 17.6 Å². The van der Waals surface area contributed by atoms with Crippen LogP contribution in [0.15, 0.2) is 12.1 Å². The Kier molecular flexibility index (Phi) is 4.59. The zero-order valence-corrected chi connectivity index (χ0v) is 12.6. The van der Waals surface area contributed by atoms with Gasteiger partial charge in [-0.2, -0.15) is 0 Å². The minimum Gasteiger partial charge on any atom is -0.341 e.